The van der Waals surface area contributed by atoms with Gasteiger partial charge in [0.25, 0.3) is 0 Å². The second kappa shape index (κ2) is 3.61. The zero-order valence-corrected chi connectivity index (χ0v) is 9.09. The van der Waals surface area contributed by atoms with Crippen molar-refractivity contribution in [3.05, 3.63) is 54.1 Å². The quantitative estimate of drug-likeness (QED) is 0.642. The molecular formula is C12H8ClN3. The van der Waals surface area contributed by atoms with Crippen molar-refractivity contribution in [3.63, 3.8) is 0 Å². The van der Waals surface area contributed by atoms with Crippen LogP contribution in [0, 0.1) is 0 Å². The maximum absolute atomic E-state index is 5.92. The number of hydrogen-bond donors (Lipinski definition) is 0. The molecule has 0 unspecified atom stereocenters. The highest BCUT2D eigenvalue weighted by molar-refractivity contribution is 6.30. The van der Waals surface area contributed by atoms with Gasteiger partial charge in [-0.3, -0.25) is 4.98 Å². The number of rotatable bonds is 1. The third-order valence-corrected chi connectivity index (χ3v) is 2.61. The number of hydrogen-bond acceptors (Lipinski definition) is 2. The van der Waals surface area contributed by atoms with E-state index in [1.54, 1.807) is 12.4 Å². The Hall–Kier alpha value is -1.87. The molecule has 0 saturated carbocycles. The number of aromatic nitrogens is 3. The minimum atomic E-state index is 0.700. The van der Waals surface area contributed by atoms with Crippen molar-refractivity contribution >= 4 is 17.2 Å². The van der Waals surface area contributed by atoms with E-state index in [0.717, 1.165) is 16.9 Å². The maximum atomic E-state index is 5.92. The smallest absolute Gasteiger partial charge is 0.137 e. The van der Waals surface area contributed by atoms with Crippen LogP contribution in [0.15, 0.2) is 49.1 Å². The summed E-state index contributed by atoms with van der Waals surface area (Å²) in [5.41, 5.74) is 2.86. The Morgan fingerprint density at radius 1 is 1.00 bits per heavy atom. The molecule has 0 aliphatic rings. The summed E-state index contributed by atoms with van der Waals surface area (Å²) in [5, 5.41) is 0.700. The van der Waals surface area contributed by atoms with Gasteiger partial charge < -0.3 is 4.40 Å². The van der Waals surface area contributed by atoms with Gasteiger partial charge in [0, 0.05) is 30.4 Å². The highest BCUT2D eigenvalue weighted by Crippen LogP contribution is 2.19. The zero-order chi connectivity index (χ0) is 11.0. The van der Waals surface area contributed by atoms with E-state index < -0.39 is 0 Å². The third kappa shape index (κ3) is 1.55. The van der Waals surface area contributed by atoms with Crippen molar-refractivity contribution in [1.29, 1.82) is 0 Å². The van der Waals surface area contributed by atoms with Gasteiger partial charge in [0.05, 0.1) is 10.7 Å². The second-order valence-electron chi connectivity index (χ2n) is 3.47. The van der Waals surface area contributed by atoms with E-state index in [2.05, 4.69) is 9.97 Å². The number of fused-ring (bicyclic) bond motifs is 1. The lowest BCUT2D eigenvalue weighted by molar-refractivity contribution is 1.19. The summed E-state index contributed by atoms with van der Waals surface area (Å²) in [4.78, 5) is 8.48. The lowest BCUT2D eigenvalue weighted by Gasteiger charge is -1.92. The Kier molecular flexibility index (Phi) is 2.11. The van der Waals surface area contributed by atoms with Crippen LogP contribution in [0.4, 0.5) is 0 Å². The lowest BCUT2D eigenvalue weighted by atomic mass is 10.2. The van der Waals surface area contributed by atoms with E-state index in [-0.39, 0.29) is 0 Å². The van der Waals surface area contributed by atoms with Gasteiger partial charge in [-0.15, -0.1) is 0 Å². The molecule has 3 rings (SSSR count). The Morgan fingerprint density at radius 3 is 2.62 bits per heavy atom. The van der Waals surface area contributed by atoms with E-state index in [1.807, 2.05) is 41.1 Å². The van der Waals surface area contributed by atoms with Crippen molar-refractivity contribution in [2.75, 3.05) is 0 Å². The van der Waals surface area contributed by atoms with Crippen LogP contribution in [-0.2, 0) is 0 Å². The monoisotopic (exact) mass is 229 g/mol. The summed E-state index contributed by atoms with van der Waals surface area (Å²) < 4.78 is 1.91. The zero-order valence-electron chi connectivity index (χ0n) is 8.34. The molecule has 0 fully saturated rings. The van der Waals surface area contributed by atoms with E-state index in [1.165, 1.54) is 0 Å². The SMILES string of the molecule is Clc1ccc2nc(-c3ccncc3)cn2c1. The highest BCUT2D eigenvalue weighted by Gasteiger charge is 2.03. The first-order valence-electron chi connectivity index (χ1n) is 4.87. The number of nitrogens with zero attached hydrogens (tertiary/aromatic N) is 3. The predicted molar refractivity (Wildman–Crippen MR) is 63.4 cm³/mol. The largest absolute Gasteiger partial charge is 0.305 e. The summed E-state index contributed by atoms with van der Waals surface area (Å²) in [7, 11) is 0. The molecule has 0 atom stereocenters. The first-order valence-corrected chi connectivity index (χ1v) is 5.25. The van der Waals surface area contributed by atoms with Crippen LogP contribution >= 0.6 is 11.6 Å². The number of imidazole rings is 1. The standard InChI is InChI=1S/C12H8ClN3/c13-10-1-2-12-15-11(8-16(12)7-10)9-3-5-14-6-4-9/h1-8H. The van der Waals surface area contributed by atoms with E-state index in [4.69, 9.17) is 11.6 Å². The average Bonchev–Trinajstić information content (AvgIpc) is 2.73. The lowest BCUT2D eigenvalue weighted by Crippen LogP contribution is -1.79. The van der Waals surface area contributed by atoms with Gasteiger partial charge in [-0.1, -0.05) is 11.6 Å². The van der Waals surface area contributed by atoms with Crippen LogP contribution in [0.3, 0.4) is 0 Å². The van der Waals surface area contributed by atoms with Gasteiger partial charge in [0.15, 0.2) is 0 Å². The first-order chi connectivity index (χ1) is 7.83. The van der Waals surface area contributed by atoms with Gasteiger partial charge in [-0.2, -0.15) is 0 Å². The number of halogens is 1. The third-order valence-electron chi connectivity index (χ3n) is 2.39. The van der Waals surface area contributed by atoms with Crippen LogP contribution in [0.25, 0.3) is 16.9 Å². The van der Waals surface area contributed by atoms with Crippen molar-refractivity contribution < 1.29 is 0 Å². The molecular weight excluding hydrogens is 222 g/mol. The molecule has 0 aliphatic heterocycles. The Balaban J connectivity index is 2.19. The summed E-state index contributed by atoms with van der Waals surface area (Å²) in [6.07, 6.45) is 7.31. The van der Waals surface area contributed by atoms with Crippen LogP contribution in [-0.4, -0.2) is 14.4 Å². The van der Waals surface area contributed by atoms with Crippen LogP contribution < -0.4 is 0 Å². The molecule has 0 radical (unpaired) electrons. The normalized spacial score (nSPS) is 10.8. The fourth-order valence-electron chi connectivity index (χ4n) is 1.63. The molecule has 16 heavy (non-hydrogen) atoms. The molecule has 0 aromatic carbocycles. The van der Waals surface area contributed by atoms with E-state index >= 15 is 0 Å². The summed E-state index contributed by atoms with van der Waals surface area (Å²) in [6, 6.07) is 7.60. The maximum Gasteiger partial charge on any atom is 0.137 e. The molecule has 78 valence electrons. The molecule has 3 aromatic rings. The summed E-state index contributed by atoms with van der Waals surface area (Å²) in [5.74, 6) is 0. The molecule has 3 nitrogen and oxygen atoms in total. The van der Waals surface area contributed by atoms with Gasteiger partial charge in [0.1, 0.15) is 5.65 Å². The predicted octanol–water partition coefficient (Wildman–Crippen LogP) is 3.05. The molecule has 0 bridgehead atoms. The molecule has 0 aliphatic carbocycles. The Morgan fingerprint density at radius 2 is 1.81 bits per heavy atom. The van der Waals surface area contributed by atoms with Crippen LogP contribution in [0.1, 0.15) is 0 Å². The summed E-state index contributed by atoms with van der Waals surface area (Å²) >= 11 is 5.92. The van der Waals surface area contributed by atoms with Gasteiger partial charge in [-0.05, 0) is 24.3 Å². The Labute approximate surface area is 97.3 Å². The van der Waals surface area contributed by atoms with Crippen molar-refractivity contribution in [2.24, 2.45) is 0 Å². The minimum Gasteiger partial charge on any atom is -0.305 e. The molecule has 4 heteroatoms. The fourth-order valence-corrected chi connectivity index (χ4v) is 1.79. The van der Waals surface area contributed by atoms with Gasteiger partial charge >= 0.3 is 0 Å². The van der Waals surface area contributed by atoms with Crippen molar-refractivity contribution in [2.45, 2.75) is 0 Å². The molecule has 0 N–H and O–H groups in total. The minimum absolute atomic E-state index is 0.700. The summed E-state index contributed by atoms with van der Waals surface area (Å²) in [6.45, 7) is 0. The number of pyridine rings is 2. The molecule has 0 spiro atoms. The van der Waals surface area contributed by atoms with Crippen molar-refractivity contribution in [3.8, 4) is 11.3 Å². The van der Waals surface area contributed by atoms with Crippen molar-refractivity contribution in [1.82, 2.24) is 14.4 Å². The second-order valence-corrected chi connectivity index (χ2v) is 3.91. The van der Waals surface area contributed by atoms with E-state index in [9.17, 15) is 0 Å². The fraction of sp³-hybridized carbons (Fsp3) is 0. The first kappa shape index (κ1) is 9.36. The molecule has 3 aromatic heterocycles. The highest BCUT2D eigenvalue weighted by atomic mass is 35.5. The Bertz CT molecular complexity index is 631. The van der Waals surface area contributed by atoms with Gasteiger partial charge in [-0.25, -0.2) is 4.98 Å². The van der Waals surface area contributed by atoms with Gasteiger partial charge in [0.2, 0.25) is 0 Å². The molecule has 0 amide bonds. The average molecular weight is 230 g/mol. The molecule has 0 saturated heterocycles. The molecule has 3 heterocycles. The van der Waals surface area contributed by atoms with Crippen LogP contribution in [0.5, 0.6) is 0 Å². The van der Waals surface area contributed by atoms with Crippen LogP contribution in [0.2, 0.25) is 5.02 Å². The van der Waals surface area contributed by atoms with E-state index in [0.29, 0.717) is 5.02 Å². The topological polar surface area (TPSA) is 30.2 Å².